The third-order valence-corrected chi connectivity index (χ3v) is 2.71. The minimum atomic E-state index is 0.152. The number of aryl methyl sites for hydroxylation is 1. The van der Waals surface area contributed by atoms with Gasteiger partial charge in [-0.15, -0.1) is 5.92 Å². The Morgan fingerprint density at radius 3 is 2.50 bits per heavy atom. The van der Waals surface area contributed by atoms with Crippen LogP contribution in [0.25, 0.3) is 0 Å². The van der Waals surface area contributed by atoms with Gasteiger partial charge in [-0.1, -0.05) is 36.3 Å². The molecule has 0 fully saturated rings. The summed E-state index contributed by atoms with van der Waals surface area (Å²) in [5, 5.41) is 3.46. The highest BCUT2D eigenvalue weighted by Crippen LogP contribution is 2.12. The third-order valence-electron chi connectivity index (χ3n) is 2.71. The number of hydrogen-bond donors (Lipinski definition) is 1. The van der Waals surface area contributed by atoms with Gasteiger partial charge in [0.05, 0.1) is 6.54 Å². The highest BCUT2D eigenvalue weighted by atomic mass is 14.9. The van der Waals surface area contributed by atoms with E-state index in [1.165, 1.54) is 5.56 Å². The summed E-state index contributed by atoms with van der Waals surface area (Å²) in [4.78, 5) is 0. The molecular weight excluding hydrogens is 194 g/mol. The van der Waals surface area contributed by atoms with Crippen LogP contribution in [-0.4, -0.2) is 12.1 Å². The first-order valence-electron chi connectivity index (χ1n) is 5.82. The van der Waals surface area contributed by atoms with E-state index in [0.29, 0.717) is 0 Å². The largest absolute Gasteiger partial charge is 0.301 e. The molecule has 1 heteroatoms. The van der Waals surface area contributed by atoms with Crippen molar-refractivity contribution in [3.63, 3.8) is 0 Å². The molecule has 0 aromatic heterocycles. The first-order chi connectivity index (χ1) is 7.64. The van der Waals surface area contributed by atoms with Crippen molar-refractivity contribution in [3.8, 4) is 11.8 Å². The average molecular weight is 215 g/mol. The van der Waals surface area contributed by atoms with Gasteiger partial charge in [-0.25, -0.2) is 0 Å². The predicted molar refractivity (Wildman–Crippen MR) is 70.3 cm³/mol. The fourth-order valence-electron chi connectivity index (χ4n) is 1.56. The van der Waals surface area contributed by atoms with Crippen LogP contribution < -0.4 is 5.32 Å². The molecule has 1 N–H and O–H groups in total. The van der Waals surface area contributed by atoms with Crippen molar-refractivity contribution in [2.75, 3.05) is 6.54 Å². The summed E-state index contributed by atoms with van der Waals surface area (Å²) in [6.45, 7) is 7.11. The molecule has 0 saturated heterocycles. The van der Waals surface area contributed by atoms with Crippen LogP contribution in [0.15, 0.2) is 30.3 Å². The van der Waals surface area contributed by atoms with E-state index in [4.69, 9.17) is 0 Å². The van der Waals surface area contributed by atoms with Gasteiger partial charge in [0.25, 0.3) is 0 Å². The van der Waals surface area contributed by atoms with Gasteiger partial charge in [-0.05, 0) is 39.2 Å². The lowest BCUT2D eigenvalue weighted by Gasteiger charge is -2.25. The van der Waals surface area contributed by atoms with Crippen molar-refractivity contribution >= 4 is 0 Å². The molecule has 0 amide bonds. The second kappa shape index (κ2) is 6.35. The van der Waals surface area contributed by atoms with Gasteiger partial charge >= 0.3 is 0 Å². The Kier molecular flexibility index (Phi) is 5.08. The van der Waals surface area contributed by atoms with E-state index < -0.39 is 0 Å². The molecule has 0 bridgehead atoms. The maximum Gasteiger partial charge on any atom is 0.0580 e. The number of hydrogen-bond acceptors (Lipinski definition) is 1. The van der Waals surface area contributed by atoms with Gasteiger partial charge in [-0.2, -0.15) is 0 Å². The van der Waals surface area contributed by atoms with Gasteiger partial charge in [0.2, 0.25) is 0 Å². The van der Waals surface area contributed by atoms with E-state index in [9.17, 15) is 0 Å². The second-order valence-electron chi connectivity index (χ2n) is 4.65. The Balaban J connectivity index is 2.37. The van der Waals surface area contributed by atoms with Crippen molar-refractivity contribution < 1.29 is 0 Å². The molecule has 0 heterocycles. The van der Waals surface area contributed by atoms with Crippen molar-refractivity contribution in [1.82, 2.24) is 5.32 Å². The lowest BCUT2D eigenvalue weighted by molar-refractivity contribution is 0.381. The van der Waals surface area contributed by atoms with Crippen LogP contribution in [0.5, 0.6) is 0 Å². The standard InChI is InChI=1S/C15H21N/c1-4-5-13-16-15(2,3)12-11-14-9-7-6-8-10-14/h6-10,16H,11-13H2,1-3H3. The van der Waals surface area contributed by atoms with Crippen molar-refractivity contribution in [3.05, 3.63) is 35.9 Å². The number of nitrogens with one attached hydrogen (secondary N) is 1. The summed E-state index contributed by atoms with van der Waals surface area (Å²) in [6.07, 6.45) is 2.24. The molecular formula is C15H21N. The molecule has 0 aliphatic heterocycles. The normalized spacial score (nSPS) is 10.7. The van der Waals surface area contributed by atoms with E-state index >= 15 is 0 Å². The summed E-state index contributed by atoms with van der Waals surface area (Å²) < 4.78 is 0. The van der Waals surface area contributed by atoms with E-state index in [1.807, 2.05) is 6.92 Å². The molecule has 0 aliphatic carbocycles. The van der Waals surface area contributed by atoms with Crippen LogP contribution in [0.1, 0.15) is 32.8 Å². The zero-order chi connectivity index (χ0) is 11.9. The molecule has 0 aliphatic rings. The first-order valence-corrected chi connectivity index (χ1v) is 5.82. The lowest BCUT2D eigenvalue weighted by Crippen LogP contribution is -2.39. The number of rotatable bonds is 5. The maximum absolute atomic E-state index is 3.46. The summed E-state index contributed by atoms with van der Waals surface area (Å²) >= 11 is 0. The van der Waals surface area contributed by atoms with Gasteiger partial charge in [0.1, 0.15) is 0 Å². The fraction of sp³-hybridized carbons (Fsp3) is 0.467. The molecule has 1 nitrogen and oxygen atoms in total. The van der Waals surface area contributed by atoms with Gasteiger partial charge in [0, 0.05) is 5.54 Å². The summed E-state index contributed by atoms with van der Waals surface area (Å²) in [7, 11) is 0. The van der Waals surface area contributed by atoms with Gasteiger partial charge < -0.3 is 5.32 Å². The van der Waals surface area contributed by atoms with E-state index in [1.54, 1.807) is 0 Å². The fourth-order valence-corrected chi connectivity index (χ4v) is 1.56. The quantitative estimate of drug-likeness (QED) is 0.745. The van der Waals surface area contributed by atoms with E-state index in [0.717, 1.165) is 19.4 Å². The van der Waals surface area contributed by atoms with E-state index in [-0.39, 0.29) is 5.54 Å². The Morgan fingerprint density at radius 1 is 1.19 bits per heavy atom. The SMILES string of the molecule is CC#CCNC(C)(C)CCc1ccccc1. The topological polar surface area (TPSA) is 12.0 Å². The molecule has 0 radical (unpaired) electrons. The van der Waals surface area contributed by atoms with E-state index in [2.05, 4.69) is 61.3 Å². The smallest absolute Gasteiger partial charge is 0.0580 e. The first kappa shape index (κ1) is 12.8. The van der Waals surface area contributed by atoms with Crippen LogP contribution in [0, 0.1) is 11.8 Å². The van der Waals surface area contributed by atoms with Crippen LogP contribution in [0.3, 0.4) is 0 Å². The monoisotopic (exact) mass is 215 g/mol. The van der Waals surface area contributed by atoms with Crippen LogP contribution in [-0.2, 0) is 6.42 Å². The van der Waals surface area contributed by atoms with Crippen LogP contribution in [0.2, 0.25) is 0 Å². The molecule has 1 aromatic rings. The zero-order valence-corrected chi connectivity index (χ0v) is 10.5. The summed E-state index contributed by atoms with van der Waals surface area (Å²) in [5.74, 6) is 5.94. The molecule has 0 spiro atoms. The second-order valence-corrected chi connectivity index (χ2v) is 4.65. The van der Waals surface area contributed by atoms with Crippen molar-refractivity contribution in [2.45, 2.75) is 39.2 Å². The lowest BCUT2D eigenvalue weighted by atomic mass is 9.95. The number of benzene rings is 1. The van der Waals surface area contributed by atoms with Crippen molar-refractivity contribution in [2.24, 2.45) is 0 Å². The molecule has 86 valence electrons. The highest BCUT2D eigenvalue weighted by Gasteiger charge is 2.15. The average Bonchev–Trinajstić information content (AvgIpc) is 2.28. The molecule has 0 saturated carbocycles. The Morgan fingerprint density at radius 2 is 1.88 bits per heavy atom. The molecule has 1 rings (SSSR count). The Bertz CT molecular complexity index is 354. The van der Waals surface area contributed by atoms with Crippen LogP contribution >= 0.6 is 0 Å². The Labute approximate surface area is 99.3 Å². The predicted octanol–water partition coefficient (Wildman–Crippen LogP) is 3.01. The third kappa shape index (κ3) is 5.00. The summed E-state index contributed by atoms with van der Waals surface area (Å²) in [5.41, 5.74) is 1.55. The minimum absolute atomic E-state index is 0.152. The molecule has 0 atom stereocenters. The van der Waals surface area contributed by atoms with Gasteiger partial charge in [0.15, 0.2) is 0 Å². The maximum atomic E-state index is 3.46. The zero-order valence-electron chi connectivity index (χ0n) is 10.5. The van der Waals surface area contributed by atoms with Crippen molar-refractivity contribution in [1.29, 1.82) is 0 Å². The molecule has 0 unspecified atom stereocenters. The van der Waals surface area contributed by atoms with Crippen LogP contribution in [0.4, 0.5) is 0 Å². The molecule has 16 heavy (non-hydrogen) atoms. The Hall–Kier alpha value is -1.26. The van der Waals surface area contributed by atoms with Gasteiger partial charge in [-0.3, -0.25) is 0 Å². The highest BCUT2D eigenvalue weighted by molar-refractivity contribution is 5.15. The minimum Gasteiger partial charge on any atom is -0.301 e. The summed E-state index contributed by atoms with van der Waals surface area (Å²) in [6, 6.07) is 10.6. The molecule has 1 aromatic carbocycles.